The van der Waals surface area contributed by atoms with Gasteiger partial charge in [0.2, 0.25) is 0 Å². The van der Waals surface area contributed by atoms with Crippen molar-refractivity contribution in [3.63, 3.8) is 0 Å². The van der Waals surface area contributed by atoms with Gasteiger partial charge in [-0.25, -0.2) is 0 Å². The van der Waals surface area contributed by atoms with Crippen molar-refractivity contribution in [2.24, 2.45) is 0 Å². The Morgan fingerprint density at radius 2 is 1.21 bits per heavy atom. The zero-order valence-electron chi connectivity index (χ0n) is 11.3. The van der Waals surface area contributed by atoms with Crippen LogP contribution in [0.4, 0.5) is 0 Å². The van der Waals surface area contributed by atoms with Crippen LogP contribution in [0.1, 0.15) is 16.7 Å². The van der Waals surface area contributed by atoms with E-state index in [2.05, 4.69) is 43.3 Å². The normalized spacial score (nSPS) is 10.6. The first kappa shape index (κ1) is 13.8. The molecular weight excluding hydrogens is 236 g/mol. The lowest BCUT2D eigenvalue weighted by Crippen LogP contribution is -2.04. The molecule has 0 aliphatic rings. The van der Waals surface area contributed by atoms with E-state index in [1.54, 1.807) is 0 Å². The fraction of sp³-hybridized carbons (Fsp3) is 0.294. The molecule has 100 valence electrons. The maximum absolute atomic E-state index is 5.57. The number of hydrogen-bond acceptors (Lipinski definition) is 2. The predicted octanol–water partition coefficient (Wildman–Crippen LogP) is 3.73. The van der Waals surface area contributed by atoms with Crippen LogP contribution in [0.25, 0.3) is 0 Å². The van der Waals surface area contributed by atoms with E-state index in [9.17, 15) is 0 Å². The molecule has 0 radical (unpaired) electrons. The second-order valence-corrected chi connectivity index (χ2v) is 4.58. The van der Waals surface area contributed by atoms with Crippen LogP contribution in [-0.4, -0.2) is 13.2 Å². The second-order valence-electron chi connectivity index (χ2n) is 4.58. The van der Waals surface area contributed by atoms with Crippen molar-refractivity contribution in [2.75, 3.05) is 13.2 Å². The summed E-state index contributed by atoms with van der Waals surface area (Å²) in [5, 5.41) is 0. The molecule has 2 aromatic carbocycles. The Kier molecular flexibility index (Phi) is 5.60. The van der Waals surface area contributed by atoms with Gasteiger partial charge in [0, 0.05) is 0 Å². The number of rotatable bonds is 7. The van der Waals surface area contributed by atoms with Gasteiger partial charge < -0.3 is 9.47 Å². The lowest BCUT2D eigenvalue weighted by atomic mass is 10.2. The third-order valence-electron chi connectivity index (χ3n) is 2.87. The van der Waals surface area contributed by atoms with Gasteiger partial charge >= 0.3 is 0 Å². The van der Waals surface area contributed by atoms with Crippen molar-refractivity contribution in [1.82, 2.24) is 0 Å². The first-order chi connectivity index (χ1) is 9.34. The Morgan fingerprint density at radius 1 is 0.684 bits per heavy atom. The van der Waals surface area contributed by atoms with Crippen molar-refractivity contribution in [3.8, 4) is 0 Å². The molecule has 0 aromatic heterocycles. The van der Waals surface area contributed by atoms with Crippen molar-refractivity contribution in [1.29, 1.82) is 0 Å². The van der Waals surface area contributed by atoms with Crippen molar-refractivity contribution in [2.45, 2.75) is 20.1 Å². The molecule has 0 atom stereocenters. The highest BCUT2D eigenvalue weighted by molar-refractivity contribution is 5.20. The third-order valence-corrected chi connectivity index (χ3v) is 2.87. The lowest BCUT2D eigenvalue weighted by Gasteiger charge is -2.06. The van der Waals surface area contributed by atoms with E-state index >= 15 is 0 Å². The summed E-state index contributed by atoms with van der Waals surface area (Å²) < 4.78 is 11.1. The third kappa shape index (κ3) is 5.25. The van der Waals surface area contributed by atoms with E-state index in [1.807, 2.05) is 18.2 Å². The topological polar surface area (TPSA) is 18.5 Å². The second kappa shape index (κ2) is 7.72. The zero-order chi connectivity index (χ0) is 13.3. The van der Waals surface area contributed by atoms with Crippen molar-refractivity contribution >= 4 is 0 Å². The molecule has 2 aromatic rings. The summed E-state index contributed by atoms with van der Waals surface area (Å²) >= 11 is 0. The van der Waals surface area contributed by atoms with Crippen LogP contribution in [0.15, 0.2) is 54.6 Å². The average molecular weight is 256 g/mol. The van der Waals surface area contributed by atoms with Gasteiger partial charge in [-0.2, -0.15) is 0 Å². The summed E-state index contributed by atoms with van der Waals surface area (Å²) in [6.07, 6.45) is 0. The van der Waals surface area contributed by atoms with Crippen LogP contribution in [0.5, 0.6) is 0 Å². The molecule has 0 bridgehead atoms. The summed E-state index contributed by atoms with van der Waals surface area (Å²) in [5.41, 5.74) is 3.67. The zero-order valence-corrected chi connectivity index (χ0v) is 11.3. The van der Waals surface area contributed by atoms with E-state index in [1.165, 1.54) is 16.7 Å². The van der Waals surface area contributed by atoms with Crippen LogP contribution in [0.3, 0.4) is 0 Å². The smallest absolute Gasteiger partial charge is 0.0718 e. The Bertz CT molecular complexity index is 462. The van der Waals surface area contributed by atoms with Gasteiger partial charge in [-0.05, 0) is 18.1 Å². The van der Waals surface area contributed by atoms with Crippen molar-refractivity contribution < 1.29 is 9.47 Å². The summed E-state index contributed by atoms with van der Waals surface area (Å²) in [5.74, 6) is 0. The van der Waals surface area contributed by atoms with E-state index < -0.39 is 0 Å². The first-order valence-corrected chi connectivity index (χ1v) is 6.59. The van der Waals surface area contributed by atoms with E-state index in [4.69, 9.17) is 9.47 Å². The van der Waals surface area contributed by atoms with Crippen LogP contribution < -0.4 is 0 Å². The minimum absolute atomic E-state index is 0.626. The molecule has 0 amide bonds. The molecule has 0 saturated heterocycles. The minimum Gasteiger partial charge on any atom is -0.374 e. The highest BCUT2D eigenvalue weighted by Crippen LogP contribution is 2.04. The number of benzene rings is 2. The molecule has 19 heavy (non-hydrogen) atoms. The van der Waals surface area contributed by atoms with Crippen LogP contribution in [0.2, 0.25) is 0 Å². The molecule has 2 heteroatoms. The van der Waals surface area contributed by atoms with Crippen LogP contribution in [0, 0.1) is 6.92 Å². The van der Waals surface area contributed by atoms with Gasteiger partial charge in [-0.3, -0.25) is 0 Å². The largest absolute Gasteiger partial charge is 0.374 e. The number of aryl methyl sites for hydroxylation is 1. The van der Waals surface area contributed by atoms with Gasteiger partial charge in [-0.15, -0.1) is 0 Å². The average Bonchev–Trinajstić information content (AvgIpc) is 2.46. The molecule has 0 N–H and O–H groups in total. The molecule has 0 spiro atoms. The number of ether oxygens (including phenoxy) is 2. The summed E-state index contributed by atoms with van der Waals surface area (Å²) in [4.78, 5) is 0. The molecule has 0 unspecified atom stereocenters. The Balaban J connectivity index is 1.56. The molecule has 0 fully saturated rings. The molecule has 2 nitrogen and oxygen atoms in total. The molecule has 0 heterocycles. The number of hydrogen-bond donors (Lipinski definition) is 0. The van der Waals surface area contributed by atoms with Crippen LogP contribution >= 0.6 is 0 Å². The standard InChI is InChI=1S/C17H20O2/c1-15-7-9-17(10-8-15)14-19-12-11-18-13-16-5-3-2-4-6-16/h2-10H,11-14H2,1H3. The van der Waals surface area contributed by atoms with Crippen molar-refractivity contribution in [3.05, 3.63) is 71.3 Å². The van der Waals surface area contributed by atoms with Gasteiger partial charge in [0.25, 0.3) is 0 Å². The molecule has 0 aliphatic heterocycles. The van der Waals surface area contributed by atoms with Gasteiger partial charge in [0.15, 0.2) is 0 Å². The molecule has 2 rings (SSSR count). The fourth-order valence-corrected chi connectivity index (χ4v) is 1.76. The van der Waals surface area contributed by atoms with Gasteiger partial charge in [0.1, 0.15) is 0 Å². The molecular formula is C17H20O2. The van der Waals surface area contributed by atoms with Gasteiger partial charge in [0.05, 0.1) is 26.4 Å². The first-order valence-electron chi connectivity index (χ1n) is 6.59. The van der Waals surface area contributed by atoms with E-state index in [0.717, 1.165) is 0 Å². The van der Waals surface area contributed by atoms with E-state index in [-0.39, 0.29) is 0 Å². The monoisotopic (exact) mass is 256 g/mol. The van der Waals surface area contributed by atoms with Crippen LogP contribution in [-0.2, 0) is 22.7 Å². The Morgan fingerprint density at radius 3 is 1.79 bits per heavy atom. The summed E-state index contributed by atoms with van der Waals surface area (Å²) in [6.45, 7) is 4.63. The quantitative estimate of drug-likeness (QED) is 0.703. The maximum Gasteiger partial charge on any atom is 0.0718 e. The Labute approximate surface area is 115 Å². The summed E-state index contributed by atoms with van der Waals surface area (Å²) in [7, 11) is 0. The van der Waals surface area contributed by atoms with E-state index in [0.29, 0.717) is 26.4 Å². The predicted molar refractivity (Wildman–Crippen MR) is 76.9 cm³/mol. The Hall–Kier alpha value is -1.64. The van der Waals surface area contributed by atoms with Gasteiger partial charge in [-0.1, -0.05) is 60.2 Å². The highest BCUT2D eigenvalue weighted by atomic mass is 16.5. The molecule has 0 aliphatic carbocycles. The SMILES string of the molecule is Cc1ccc(COCCOCc2ccccc2)cc1. The fourth-order valence-electron chi connectivity index (χ4n) is 1.76. The lowest BCUT2D eigenvalue weighted by molar-refractivity contribution is 0.0339. The minimum atomic E-state index is 0.626. The maximum atomic E-state index is 5.57. The summed E-state index contributed by atoms with van der Waals surface area (Å²) in [6, 6.07) is 18.6. The highest BCUT2D eigenvalue weighted by Gasteiger charge is 1.94. The molecule has 0 saturated carbocycles.